The van der Waals surface area contributed by atoms with Gasteiger partial charge in [0.1, 0.15) is 16.4 Å². The van der Waals surface area contributed by atoms with Crippen LogP contribution < -0.4 is 9.47 Å². The van der Waals surface area contributed by atoms with Crippen LogP contribution in [-0.4, -0.2) is 27.4 Å². The Kier molecular flexibility index (Phi) is 3.87. The summed E-state index contributed by atoms with van der Waals surface area (Å²) in [6.07, 6.45) is 0. The van der Waals surface area contributed by atoms with Crippen molar-refractivity contribution in [3.8, 4) is 17.6 Å². The van der Waals surface area contributed by atoms with Crippen LogP contribution in [0.15, 0.2) is 23.1 Å². The highest BCUT2D eigenvalue weighted by molar-refractivity contribution is 7.93. The maximum atomic E-state index is 12.4. The van der Waals surface area contributed by atoms with Gasteiger partial charge in [-0.1, -0.05) is 0 Å². The molecule has 1 rings (SSSR count). The molecule has 0 saturated heterocycles. The van der Waals surface area contributed by atoms with E-state index in [1.807, 2.05) is 0 Å². The second-order valence-electron chi connectivity index (χ2n) is 4.14. The molecule has 0 heterocycles. The molecule has 1 aromatic carbocycles. The zero-order chi connectivity index (χ0) is 14.0. The average molecular weight is 269 g/mol. The molecule has 0 unspecified atom stereocenters. The van der Waals surface area contributed by atoms with Gasteiger partial charge in [-0.15, -0.1) is 0 Å². The summed E-state index contributed by atoms with van der Waals surface area (Å²) >= 11 is 0. The first-order chi connectivity index (χ1) is 8.30. The van der Waals surface area contributed by atoms with Crippen LogP contribution in [0.5, 0.6) is 11.5 Å². The summed E-state index contributed by atoms with van der Waals surface area (Å²) in [5.74, 6) is 0.585. The minimum atomic E-state index is -3.83. The molecule has 98 valence electrons. The third kappa shape index (κ3) is 2.27. The molecule has 0 aromatic heterocycles. The molecule has 0 amide bonds. The van der Waals surface area contributed by atoms with E-state index in [-0.39, 0.29) is 10.6 Å². The van der Waals surface area contributed by atoms with E-state index >= 15 is 0 Å². The molecule has 0 radical (unpaired) electrons. The fourth-order valence-corrected chi connectivity index (χ4v) is 2.69. The van der Waals surface area contributed by atoms with Crippen LogP contribution in [-0.2, 0) is 9.84 Å². The van der Waals surface area contributed by atoms with Crippen molar-refractivity contribution in [2.75, 3.05) is 14.2 Å². The van der Waals surface area contributed by atoms with Crippen LogP contribution in [0.25, 0.3) is 0 Å². The van der Waals surface area contributed by atoms with E-state index in [0.29, 0.717) is 5.75 Å². The second kappa shape index (κ2) is 4.86. The van der Waals surface area contributed by atoms with E-state index < -0.39 is 14.6 Å². The highest BCUT2D eigenvalue weighted by Crippen LogP contribution is 2.34. The Morgan fingerprint density at radius 2 is 1.83 bits per heavy atom. The first kappa shape index (κ1) is 14.3. The van der Waals surface area contributed by atoms with Crippen LogP contribution in [0.2, 0.25) is 0 Å². The van der Waals surface area contributed by atoms with Crippen molar-refractivity contribution in [1.82, 2.24) is 0 Å². The maximum Gasteiger partial charge on any atom is 0.200 e. The Morgan fingerprint density at radius 3 is 2.28 bits per heavy atom. The quantitative estimate of drug-likeness (QED) is 0.832. The van der Waals surface area contributed by atoms with Crippen molar-refractivity contribution in [3.63, 3.8) is 0 Å². The van der Waals surface area contributed by atoms with Gasteiger partial charge in [0.15, 0.2) is 4.75 Å². The Morgan fingerprint density at radius 1 is 1.22 bits per heavy atom. The zero-order valence-corrected chi connectivity index (χ0v) is 11.5. The van der Waals surface area contributed by atoms with E-state index in [0.717, 1.165) is 0 Å². The summed E-state index contributed by atoms with van der Waals surface area (Å²) in [6, 6.07) is 6.23. The summed E-state index contributed by atoms with van der Waals surface area (Å²) in [5, 5.41) is 8.98. The lowest BCUT2D eigenvalue weighted by atomic mass is 10.2. The fraction of sp³-hybridized carbons (Fsp3) is 0.417. The zero-order valence-electron chi connectivity index (χ0n) is 10.7. The summed E-state index contributed by atoms with van der Waals surface area (Å²) < 4.78 is 33.2. The number of hydrogen-bond acceptors (Lipinski definition) is 5. The number of hydrogen-bond donors (Lipinski definition) is 0. The molecular formula is C12H15NO4S. The van der Waals surface area contributed by atoms with Gasteiger partial charge in [0.05, 0.1) is 20.3 Å². The number of nitrogens with zero attached hydrogens (tertiary/aromatic N) is 1. The van der Waals surface area contributed by atoms with Crippen LogP contribution in [0.3, 0.4) is 0 Å². The molecule has 0 aliphatic rings. The molecule has 0 atom stereocenters. The highest BCUT2D eigenvalue weighted by Gasteiger charge is 2.38. The third-order valence-electron chi connectivity index (χ3n) is 2.60. The molecular weight excluding hydrogens is 254 g/mol. The van der Waals surface area contributed by atoms with Crippen molar-refractivity contribution in [2.24, 2.45) is 0 Å². The summed E-state index contributed by atoms with van der Waals surface area (Å²) in [7, 11) is -1.02. The van der Waals surface area contributed by atoms with Crippen molar-refractivity contribution in [1.29, 1.82) is 5.26 Å². The minimum absolute atomic E-state index is 0.0455. The van der Waals surface area contributed by atoms with Gasteiger partial charge in [0, 0.05) is 6.07 Å². The Hall–Kier alpha value is -1.74. The van der Waals surface area contributed by atoms with Gasteiger partial charge in [-0.3, -0.25) is 0 Å². The summed E-state index contributed by atoms with van der Waals surface area (Å²) in [5.41, 5.74) is 0. The number of nitriles is 1. The van der Waals surface area contributed by atoms with Crippen LogP contribution >= 0.6 is 0 Å². The number of rotatable bonds is 4. The lowest BCUT2D eigenvalue weighted by molar-refractivity contribution is 0.391. The standard InChI is InChI=1S/C12H15NO4S/c1-12(2,8-13)18(14,15)11-7-9(16-3)5-6-10(11)17-4/h5-7H,1-4H3. The highest BCUT2D eigenvalue weighted by atomic mass is 32.2. The molecule has 0 aliphatic heterocycles. The third-order valence-corrected chi connectivity index (χ3v) is 4.93. The molecule has 5 nitrogen and oxygen atoms in total. The lowest BCUT2D eigenvalue weighted by Crippen LogP contribution is -2.30. The van der Waals surface area contributed by atoms with Gasteiger partial charge in [0.2, 0.25) is 9.84 Å². The lowest BCUT2D eigenvalue weighted by Gasteiger charge is -2.18. The second-order valence-corrected chi connectivity index (χ2v) is 6.61. The van der Waals surface area contributed by atoms with Gasteiger partial charge in [-0.25, -0.2) is 8.42 Å². The van der Waals surface area contributed by atoms with Gasteiger partial charge in [-0.2, -0.15) is 5.26 Å². The Balaban J connectivity index is 3.54. The van der Waals surface area contributed by atoms with Crippen molar-refractivity contribution in [3.05, 3.63) is 18.2 Å². The van der Waals surface area contributed by atoms with Crippen LogP contribution in [0.4, 0.5) is 0 Å². The van der Waals surface area contributed by atoms with E-state index in [9.17, 15) is 8.42 Å². The minimum Gasteiger partial charge on any atom is -0.497 e. The van der Waals surface area contributed by atoms with E-state index in [1.54, 1.807) is 12.1 Å². The Labute approximate surface area is 107 Å². The number of ether oxygens (including phenoxy) is 2. The monoisotopic (exact) mass is 269 g/mol. The molecule has 0 aliphatic carbocycles. The first-order valence-corrected chi connectivity index (χ1v) is 6.66. The van der Waals surface area contributed by atoms with Gasteiger partial charge in [-0.05, 0) is 26.0 Å². The van der Waals surface area contributed by atoms with Gasteiger partial charge >= 0.3 is 0 Å². The molecule has 0 fully saturated rings. The normalized spacial score (nSPS) is 11.7. The topological polar surface area (TPSA) is 76.4 Å². The van der Waals surface area contributed by atoms with Crippen LogP contribution in [0.1, 0.15) is 13.8 Å². The molecule has 0 N–H and O–H groups in total. The fourth-order valence-electron chi connectivity index (χ4n) is 1.33. The molecule has 1 aromatic rings. The molecule has 0 bridgehead atoms. The number of methoxy groups -OCH3 is 2. The van der Waals surface area contributed by atoms with Crippen molar-refractivity contribution >= 4 is 9.84 Å². The molecule has 0 saturated carbocycles. The van der Waals surface area contributed by atoms with Crippen molar-refractivity contribution < 1.29 is 17.9 Å². The largest absolute Gasteiger partial charge is 0.497 e. The SMILES string of the molecule is COc1ccc(OC)c(S(=O)(=O)C(C)(C)C#N)c1. The van der Waals surface area contributed by atoms with E-state index in [1.165, 1.54) is 40.2 Å². The average Bonchev–Trinajstić information content (AvgIpc) is 2.37. The van der Waals surface area contributed by atoms with Gasteiger partial charge in [0.25, 0.3) is 0 Å². The summed E-state index contributed by atoms with van der Waals surface area (Å²) in [6.45, 7) is 2.70. The number of benzene rings is 1. The molecule has 18 heavy (non-hydrogen) atoms. The van der Waals surface area contributed by atoms with Crippen LogP contribution in [0, 0.1) is 11.3 Å². The predicted molar refractivity (Wildman–Crippen MR) is 66.4 cm³/mol. The number of sulfone groups is 1. The molecule has 6 heteroatoms. The molecule has 0 spiro atoms. The summed E-state index contributed by atoms with van der Waals surface area (Å²) in [4.78, 5) is -0.0455. The predicted octanol–water partition coefficient (Wildman–Crippen LogP) is 1.78. The first-order valence-electron chi connectivity index (χ1n) is 5.18. The smallest absolute Gasteiger partial charge is 0.200 e. The van der Waals surface area contributed by atoms with E-state index in [4.69, 9.17) is 14.7 Å². The van der Waals surface area contributed by atoms with Crippen molar-refractivity contribution in [2.45, 2.75) is 23.5 Å². The van der Waals surface area contributed by atoms with E-state index in [2.05, 4.69) is 0 Å². The van der Waals surface area contributed by atoms with Gasteiger partial charge < -0.3 is 9.47 Å². The maximum absolute atomic E-state index is 12.4. The Bertz CT molecular complexity index is 585.